The Hall–Kier alpha value is -0.450. The van der Waals surface area contributed by atoms with Crippen LogP contribution in [0.15, 0.2) is 22.7 Å². The summed E-state index contributed by atoms with van der Waals surface area (Å²) in [4.78, 5) is 0. The Morgan fingerprint density at radius 3 is 3.00 bits per heavy atom. The number of hydrogen-bond donors (Lipinski definition) is 1. The first-order valence-corrected chi connectivity index (χ1v) is 7.17. The van der Waals surface area contributed by atoms with E-state index in [4.69, 9.17) is 4.74 Å². The Balaban J connectivity index is 1.96. The fraction of sp³-hybridized carbons (Fsp3) is 0.571. The van der Waals surface area contributed by atoms with Crippen molar-refractivity contribution in [2.24, 2.45) is 5.92 Å². The van der Waals surface area contributed by atoms with Crippen LogP contribution in [0.4, 0.5) is 4.39 Å². The van der Waals surface area contributed by atoms with E-state index < -0.39 is 0 Å². The summed E-state index contributed by atoms with van der Waals surface area (Å²) in [5.74, 6) is 0.480. The molecule has 2 atom stereocenters. The molecule has 1 aliphatic rings. The SMILES string of the molecule is CNC(Cc1ccc(Br)cc1F)CC1CCOC1. The number of likely N-dealkylation sites (N-methyl/N-ethyl adjacent to an activating group) is 1. The zero-order valence-electron chi connectivity index (χ0n) is 10.6. The van der Waals surface area contributed by atoms with Crippen LogP contribution >= 0.6 is 15.9 Å². The Morgan fingerprint density at radius 1 is 1.56 bits per heavy atom. The van der Waals surface area contributed by atoms with Crippen LogP contribution in [0.3, 0.4) is 0 Å². The van der Waals surface area contributed by atoms with Crippen molar-refractivity contribution in [2.75, 3.05) is 20.3 Å². The quantitative estimate of drug-likeness (QED) is 0.901. The van der Waals surface area contributed by atoms with E-state index in [1.807, 2.05) is 19.2 Å². The van der Waals surface area contributed by atoms with E-state index in [9.17, 15) is 4.39 Å². The van der Waals surface area contributed by atoms with E-state index in [2.05, 4.69) is 21.2 Å². The van der Waals surface area contributed by atoms with Crippen LogP contribution in [0.2, 0.25) is 0 Å². The van der Waals surface area contributed by atoms with Gasteiger partial charge in [0.25, 0.3) is 0 Å². The van der Waals surface area contributed by atoms with Crippen molar-refractivity contribution in [3.8, 4) is 0 Å². The van der Waals surface area contributed by atoms with Gasteiger partial charge < -0.3 is 10.1 Å². The van der Waals surface area contributed by atoms with Gasteiger partial charge in [-0.3, -0.25) is 0 Å². The summed E-state index contributed by atoms with van der Waals surface area (Å²) in [5, 5.41) is 3.29. The highest BCUT2D eigenvalue weighted by atomic mass is 79.9. The van der Waals surface area contributed by atoms with Crippen LogP contribution in [-0.4, -0.2) is 26.3 Å². The summed E-state index contributed by atoms with van der Waals surface area (Å²) < 4.78 is 19.9. The van der Waals surface area contributed by atoms with E-state index in [0.29, 0.717) is 12.0 Å². The lowest BCUT2D eigenvalue weighted by molar-refractivity contribution is 0.181. The molecule has 0 radical (unpaired) electrons. The molecule has 1 fully saturated rings. The molecular weight excluding hydrogens is 297 g/mol. The molecule has 1 saturated heterocycles. The normalized spacial score (nSPS) is 21.2. The fourth-order valence-corrected chi connectivity index (χ4v) is 2.76. The molecule has 1 aromatic rings. The molecule has 0 saturated carbocycles. The molecule has 2 unspecified atom stereocenters. The van der Waals surface area contributed by atoms with Crippen LogP contribution in [0.5, 0.6) is 0 Å². The van der Waals surface area contributed by atoms with Crippen LogP contribution in [0.25, 0.3) is 0 Å². The van der Waals surface area contributed by atoms with Crippen LogP contribution in [-0.2, 0) is 11.2 Å². The molecule has 0 aliphatic carbocycles. The second kappa shape index (κ2) is 6.64. The minimum absolute atomic E-state index is 0.132. The lowest BCUT2D eigenvalue weighted by atomic mass is 9.94. The highest BCUT2D eigenvalue weighted by Gasteiger charge is 2.20. The molecule has 0 amide bonds. The minimum Gasteiger partial charge on any atom is -0.381 e. The van der Waals surface area contributed by atoms with Crippen molar-refractivity contribution in [2.45, 2.75) is 25.3 Å². The number of halogens is 2. The van der Waals surface area contributed by atoms with Crippen LogP contribution in [0.1, 0.15) is 18.4 Å². The van der Waals surface area contributed by atoms with Gasteiger partial charge in [-0.05, 0) is 49.9 Å². The molecule has 18 heavy (non-hydrogen) atoms. The standard InChI is InChI=1S/C14H19BrFNO/c1-17-13(6-10-4-5-18-9-10)7-11-2-3-12(15)8-14(11)16/h2-3,8,10,13,17H,4-7,9H2,1H3. The molecule has 4 heteroatoms. The predicted molar refractivity (Wildman–Crippen MR) is 74.2 cm³/mol. The molecule has 1 aromatic carbocycles. The lowest BCUT2D eigenvalue weighted by Gasteiger charge is -2.19. The lowest BCUT2D eigenvalue weighted by Crippen LogP contribution is -2.30. The zero-order valence-corrected chi connectivity index (χ0v) is 12.2. The fourth-order valence-electron chi connectivity index (χ4n) is 2.43. The predicted octanol–water partition coefficient (Wildman–Crippen LogP) is 3.15. The molecule has 0 bridgehead atoms. The highest BCUT2D eigenvalue weighted by Crippen LogP contribution is 2.22. The van der Waals surface area contributed by atoms with Gasteiger partial charge in [-0.2, -0.15) is 0 Å². The third kappa shape index (κ3) is 3.77. The maximum absolute atomic E-state index is 13.8. The van der Waals surface area contributed by atoms with E-state index in [1.54, 1.807) is 0 Å². The van der Waals surface area contributed by atoms with E-state index in [-0.39, 0.29) is 5.82 Å². The van der Waals surface area contributed by atoms with Gasteiger partial charge in [-0.1, -0.05) is 22.0 Å². The molecule has 1 aliphatic heterocycles. The van der Waals surface area contributed by atoms with Gasteiger partial charge in [0, 0.05) is 23.7 Å². The number of ether oxygens (including phenoxy) is 1. The summed E-state index contributed by atoms with van der Waals surface area (Å²) in [5.41, 5.74) is 0.775. The third-order valence-electron chi connectivity index (χ3n) is 3.53. The molecule has 2 rings (SSSR count). The minimum atomic E-state index is -0.132. The van der Waals surface area contributed by atoms with Crippen LogP contribution < -0.4 is 5.32 Å². The number of hydrogen-bond acceptors (Lipinski definition) is 2. The largest absolute Gasteiger partial charge is 0.381 e. The van der Waals surface area contributed by atoms with Crippen molar-refractivity contribution in [1.29, 1.82) is 0 Å². The van der Waals surface area contributed by atoms with Gasteiger partial charge in [-0.25, -0.2) is 4.39 Å². The number of nitrogens with one attached hydrogen (secondary N) is 1. The van der Waals surface area contributed by atoms with Gasteiger partial charge in [0.15, 0.2) is 0 Å². The molecule has 1 heterocycles. The Bertz CT molecular complexity index is 393. The van der Waals surface area contributed by atoms with Gasteiger partial charge >= 0.3 is 0 Å². The van der Waals surface area contributed by atoms with Crippen molar-refractivity contribution in [3.05, 3.63) is 34.1 Å². The second-order valence-corrected chi connectivity index (χ2v) is 5.81. The highest BCUT2D eigenvalue weighted by molar-refractivity contribution is 9.10. The van der Waals surface area contributed by atoms with Crippen molar-refractivity contribution >= 4 is 15.9 Å². The first-order valence-electron chi connectivity index (χ1n) is 6.38. The summed E-state index contributed by atoms with van der Waals surface area (Å²) in [7, 11) is 1.94. The van der Waals surface area contributed by atoms with Gasteiger partial charge in [0.2, 0.25) is 0 Å². The summed E-state index contributed by atoms with van der Waals surface area (Å²) >= 11 is 3.28. The smallest absolute Gasteiger partial charge is 0.127 e. The third-order valence-corrected chi connectivity index (χ3v) is 4.02. The molecule has 0 spiro atoms. The van der Waals surface area contributed by atoms with Crippen LogP contribution in [0, 0.1) is 11.7 Å². The second-order valence-electron chi connectivity index (χ2n) is 4.89. The number of benzene rings is 1. The Labute approximate surface area is 116 Å². The van der Waals surface area contributed by atoms with Crippen molar-refractivity contribution < 1.29 is 9.13 Å². The monoisotopic (exact) mass is 315 g/mol. The molecule has 0 aromatic heterocycles. The summed E-state index contributed by atoms with van der Waals surface area (Å²) in [6, 6.07) is 5.59. The topological polar surface area (TPSA) is 21.3 Å². The van der Waals surface area contributed by atoms with E-state index in [1.165, 1.54) is 6.07 Å². The van der Waals surface area contributed by atoms with E-state index in [0.717, 1.165) is 42.5 Å². The first kappa shape index (κ1) is 14.0. The van der Waals surface area contributed by atoms with Gasteiger partial charge in [0.05, 0.1) is 0 Å². The van der Waals surface area contributed by atoms with Gasteiger partial charge in [0.1, 0.15) is 5.82 Å². The average molecular weight is 316 g/mol. The molecule has 1 N–H and O–H groups in total. The molecule has 100 valence electrons. The zero-order chi connectivity index (χ0) is 13.0. The van der Waals surface area contributed by atoms with E-state index >= 15 is 0 Å². The number of rotatable bonds is 5. The summed E-state index contributed by atoms with van der Waals surface area (Å²) in [6.07, 6.45) is 2.90. The maximum Gasteiger partial charge on any atom is 0.127 e. The molecule has 2 nitrogen and oxygen atoms in total. The Kier molecular flexibility index (Phi) is 5.15. The summed E-state index contributed by atoms with van der Waals surface area (Å²) in [6.45, 7) is 1.72. The average Bonchev–Trinajstić information content (AvgIpc) is 2.84. The van der Waals surface area contributed by atoms with Crippen molar-refractivity contribution in [1.82, 2.24) is 5.32 Å². The Morgan fingerprint density at radius 2 is 2.39 bits per heavy atom. The van der Waals surface area contributed by atoms with Gasteiger partial charge in [-0.15, -0.1) is 0 Å². The maximum atomic E-state index is 13.8. The molecular formula is C14H19BrFNO. The first-order chi connectivity index (χ1) is 8.69. The van der Waals surface area contributed by atoms with Crippen molar-refractivity contribution in [3.63, 3.8) is 0 Å².